The molecule has 1 aliphatic rings. The molecule has 98 valence electrons. The minimum atomic E-state index is 0.00217. The number of nitrogens with zero attached hydrogens (tertiary/aromatic N) is 1. The maximum absolute atomic E-state index is 12.0. The van der Waals surface area contributed by atoms with Crippen molar-refractivity contribution in [2.24, 2.45) is 0 Å². The van der Waals surface area contributed by atoms with E-state index in [4.69, 9.17) is 0 Å². The van der Waals surface area contributed by atoms with Crippen LogP contribution in [0.3, 0.4) is 0 Å². The molecule has 2 rings (SSSR count). The molecule has 3 nitrogen and oxygen atoms in total. The number of carbonyl (C=O) groups excluding carboxylic acids is 1. The zero-order valence-corrected chi connectivity index (χ0v) is 12.2. The minimum Gasteiger partial charge on any atom is -0.350 e. The van der Waals surface area contributed by atoms with E-state index in [-0.39, 0.29) is 5.91 Å². The van der Waals surface area contributed by atoms with Gasteiger partial charge in [0, 0.05) is 22.6 Å². The normalized spacial score (nSPS) is 17.7. The number of benzene rings is 1. The van der Waals surface area contributed by atoms with E-state index in [1.807, 2.05) is 24.3 Å². The van der Waals surface area contributed by atoms with Gasteiger partial charge in [-0.25, -0.2) is 0 Å². The second-order valence-corrected chi connectivity index (χ2v) is 5.73. The third kappa shape index (κ3) is 3.56. The molecular weight excluding hydrogens is 292 g/mol. The van der Waals surface area contributed by atoms with Crippen LogP contribution in [0.1, 0.15) is 30.1 Å². The smallest absolute Gasteiger partial charge is 0.251 e. The monoisotopic (exact) mass is 310 g/mol. The van der Waals surface area contributed by atoms with Crippen LogP contribution in [0, 0.1) is 0 Å². The first-order valence-electron chi connectivity index (χ1n) is 6.44. The van der Waals surface area contributed by atoms with Crippen molar-refractivity contribution in [1.82, 2.24) is 10.2 Å². The Labute approximate surface area is 117 Å². The minimum absolute atomic E-state index is 0.00217. The number of rotatable bonds is 4. The summed E-state index contributed by atoms with van der Waals surface area (Å²) in [5.74, 6) is 0.00217. The standard InChI is InChI=1S/C14H19BrN2O/c1-11(17-7-2-3-8-17)10-16-14(18)12-5-4-6-13(15)9-12/h4-6,9,11H,2-3,7-8,10H2,1H3,(H,16,18)/t11-/m1/s1. The highest BCUT2D eigenvalue weighted by atomic mass is 79.9. The number of nitrogens with one attached hydrogen (secondary N) is 1. The SMILES string of the molecule is C[C@H](CNC(=O)c1cccc(Br)c1)N1CCCC1. The van der Waals surface area contributed by atoms with Gasteiger partial charge in [-0.2, -0.15) is 0 Å². The van der Waals surface area contributed by atoms with Crippen LogP contribution in [0.5, 0.6) is 0 Å². The van der Waals surface area contributed by atoms with Crippen molar-refractivity contribution in [3.8, 4) is 0 Å². The van der Waals surface area contributed by atoms with Crippen LogP contribution in [0.4, 0.5) is 0 Å². The van der Waals surface area contributed by atoms with Crippen molar-refractivity contribution in [1.29, 1.82) is 0 Å². The molecule has 1 N–H and O–H groups in total. The Bertz CT molecular complexity index is 416. The van der Waals surface area contributed by atoms with Gasteiger partial charge in [0.05, 0.1) is 0 Å². The van der Waals surface area contributed by atoms with Crippen molar-refractivity contribution >= 4 is 21.8 Å². The number of amides is 1. The van der Waals surface area contributed by atoms with E-state index >= 15 is 0 Å². The van der Waals surface area contributed by atoms with Gasteiger partial charge >= 0.3 is 0 Å². The molecule has 1 aliphatic heterocycles. The third-order valence-electron chi connectivity index (χ3n) is 3.41. The van der Waals surface area contributed by atoms with Crippen LogP contribution in [0.15, 0.2) is 28.7 Å². The van der Waals surface area contributed by atoms with Gasteiger partial charge < -0.3 is 5.32 Å². The van der Waals surface area contributed by atoms with E-state index in [2.05, 4.69) is 33.1 Å². The Morgan fingerprint density at radius 3 is 2.83 bits per heavy atom. The van der Waals surface area contributed by atoms with E-state index in [9.17, 15) is 4.79 Å². The summed E-state index contributed by atoms with van der Waals surface area (Å²) in [6, 6.07) is 7.90. The van der Waals surface area contributed by atoms with E-state index < -0.39 is 0 Å². The van der Waals surface area contributed by atoms with Crippen molar-refractivity contribution < 1.29 is 4.79 Å². The predicted octanol–water partition coefficient (Wildman–Crippen LogP) is 2.66. The van der Waals surface area contributed by atoms with Gasteiger partial charge in [-0.05, 0) is 51.1 Å². The molecule has 0 spiro atoms. The molecule has 1 aromatic rings. The summed E-state index contributed by atoms with van der Waals surface area (Å²) >= 11 is 3.38. The Morgan fingerprint density at radius 1 is 1.44 bits per heavy atom. The van der Waals surface area contributed by atoms with Crippen LogP contribution < -0.4 is 5.32 Å². The third-order valence-corrected chi connectivity index (χ3v) is 3.90. The first kappa shape index (κ1) is 13.6. The van der Waals surface area contributed by atoms with E-state index in [0.717, 1.165) is 17.6 Å². The second-order valence-electron chi connectivity index (χ2n) is 4.81. The van der Waals surface area contributed by atoms with Gasteiger partial charge in [0.25, 0.3) is 5.91 Å². The zero-order chi connectivity index (χ0) is 13.0. The molecule has 1 saturated heterocycles. The molecule has 1 atom stereocenters. The fourth-order valence-electron chi connectivity index (χ4n) is 2.28. The van der Waals surface area contributed by atoms with Crippen molar-refractivity contribution in [3.63, 3.8) is 0 Å². The van der Waals surface area contributed by atoms with Crippen LogP contribution in [0.2, 0.25) is 0 Å². The summed E-state index contributed by atoms with van der Waals surface area (Å²) in [6.45, 7) is 5.21. The Morgan fingerprint density at radius 2 is 2.17 bits per heavy atom. The molecule has 0 aliphatic carbocycles. The first-order valence-corrected chi connectivity index (χ1v) is 7.24. The van der Waals surface area contributed by atoms with E-state index in [0.29, 0.717) is 18.2 Å². The summed E-state index contributed by atoms with van der Waals surface area (Å²) in [5, 5.41) is 3.00. The van der Waals surface area contributed by atoms with Gasteiger partial charge in [0.15, 0.2) is 0 Å². The molecule has 0 aromatic heterocycles. The molecule has 1 amide bonds. The lowest BCUT2D eigenvalue weighted by molar-refractivity contribution is 0.0940. The number of hydrogen-bond acceptors (Lipinski definition) is 2. The molecule has 4 heteroatoms. The number of likely N-dealkylation sites (tertiary alicyclic amines) is 1. The molecule has 1 aromatic carbocycles. The Balaban J connectivity index is 1.84. The summed E-state index contributed by atoms with van der Waals surface area (Å²) < 4.78 is 0.933. The number of halogens is 1. The van der Waals surface area contributed by atoms with Crippen LogP contribution >= 0.6 is 15.9 Å². The number of carbonyl (C=O) groups is 1. The van der Waals surface area contributed by atoms with E-state index in [1.165, 1.54) is 12.8 Å². The molecular formula is C14H19BrN2O. The fraction of sp³-hybridized carbons (Fsp3) is 0.500. The highest BCUT2D eigenvalue weighted by Gasteiger charge is 2.18. The van der Waals surface area contributed by atoms with Crippen LogP contribution in [-0.2, 0) is 0 Å². The highest BCUT2D eigenvalue weighted by Crippen LogP contribution is 2.12. The maximum atomic E-state index is 12.0. The largest absolute Gasteiger partial charge is 0.350 e. The summed E-state index contributed by atoms with van der Waals surface area (Å²) in [5.41, 5.74) is 0.706. The zero-order valence-electron chi connectivity index (χ0n) is 10.7. The van der Waals surface area contributed by atoms with Crippen LogP contribution in [-0.4, -0.2) is 36.5 Å². The predicted molar refractivity (Wildman–Crippen MR) is 76.7 cm³/mol. The molecule has 0 bridgehead atoms. The molecule has 1 fully saturated rings. The maximum Gasteiger partial charge on any atom is 0.251 e. The van der Waals surface area contributed by atoms with Gasteiger partial charge in [-0.3, -0.25) is 9.69 Å². The summed E-state index contributed by atoms with van der Waals surface area (Å²) in [4.78, 5) is 14.4. The summed E-state index contributed by atoms with van der Waals surface area (Å²) in [7, 11) is 0. The van der Waals surface area contributed by atoms with Gasteiger partial charge in [0.2, 0.25) is 0 Å². The molecule has 0 saturated carbocycles. The van der Waals surface area contributed by atoms with Gasteiger partial charge in [-0.15, -0.1) is 0 Å². The van der Waals surface area contributed by atoms with Crippen molar-refractivity contribution in [2.45, 2.75) is 25.8 Å². The second kappa shape index (κ2) is 6.34. The Kier molecular flexibility index (Phi) is 4.78. The van der Waals surface area contributed by atoms with Crippen LogP contribution in [0.25, 0.3) is 0 Å². The summed E-state index contributed by atoms with van der Waals surface area (Å²) in [6.07, 6.45) is 2.56. The fourth-order valence-corrected chi connectivity index (χ4v) is 2.68. The quantitative estimate of drug-likeness (QED) is 0.927. The molecule has 0 radical (unpaired) electrons. The lowest BCUT2D eigenvalue weighted by Crippen LogP contribution is -2.40. The molecule has 0 unspecified atom stereocenters. The Hall–Kier alpha value is -0.870. The molecule has 18 heavy (non-hydrogen) atoms. The van der Waals surface area contributed by atoms with Crippen molar-refractivity contribution in [2.75, 3.05) is 19.6 Å². The lowest BCUT2D eigenvalue weighted by atomic mass is 10.2. The van der Waals surface area contributed by atoms with E-state index in [1.54, 1.807) is 0 Å². The van der Waals surface area contributed by atoms with Gasteiger partial charge in [-0.1, -0.05) is 22.0 Å². The highest BCUT2D eigenvalue weighted by molar-refractivity contribution is 9.10. The molecule has 1 heterocycles. The average molecular weight is 311 g/mol. The number of hydrogen-bond donors (Lipinski definition) is 1. The topological polar surface area (TPSA) is 32.3 Å². The average Bonchev–Trinajstić information content (AvgIpc) is 2.89. The lowest BCUT2D eigenvalue weighted by Gasteiger charge is -2.23. The van der Waals surface area contributed by atoms with Gasteiger partial charge in [0.1, 0.15) is 0 Å². The van der Waals surface area contributed by atoms with Crippen molar-refractivity contribution in [3.05, 3.63) is 34.3 Å². The first-order chi connectivity index (χ1) is 8.66.